The molecule has 0 amide bonds. The van der Waals surface area contributed by atoms with Crippen molar-refractivity contribution in [1.29, 1.82) is 0 Å². The number of nitrogens with one attached hydrogen (secondary N) is 2. The first kappa shape index (κ1) is 23.3. The van der Waals surface area contributed by atoms with Crippen LogP contribution in [0, 0.1) is 5.41 Å². The molecule has 0 aromatic heterocycles. The Hall–Kier alpha value is -1.02. The van der Waals surface area contributed by atoms with Crippen molar-refractivity contribution in [2.24, 2.45) is 10.4 Å². The second-order valence-electron chi connectivity index (χ2n) is 8.59. The van der Waals surface area contributed by atoms with Crippen molar-refractivity contribution in [1.82, 2.24) is 10.6 Å². The second kappa shape index (κ2) is 10.1. The van der Waals surface area contributed by atoms with E-state index in [2.05, 4.69) is 49.6 Å². The van der Waals surface area contributed by atoms with Gasteiger partial charge in [-0.1, -0.05) is 24.6 Å². The predicted octanol–water partition coefficient (Wildman–Crippen LogP) is 4.67. The molecule has 0 bridgehead atoms. The number of guanidine groups is 1. The summed E-state index contributed by atoms with van der Waals surface area (Å²) in [5.74, 6) is 1.87. The largest absolute Gasteiger partial charge is 0.487 e. The molecule has 1 aromatic carbocycles. The van der Waals surface area contributed by atoms with Crippen molar-refractivity contribution in [3.63, 3.8) is 0 Å². The lowest BCUT2D eigenvalue weighted by molar-refractivity contribution is 0.0689. The Bertz CT molecular complexity index is 659. The first-order chi connectivity index (χ1) is 13.0. The Morgan fingerprint density at radius 3 is 2.68 bits per heavy atom. The third kappa shape index (κ3) is 5.75. The van der Waals surface area contributed by atoms with Crippen LogP contribution in [0.2, 0.25) is 0 Å². The van der Waals surface area contributed by atoms with Crippen molar-refractivity contribution in [2.75, 3.05) is 26.8 Å². The smallest absolute Gasteiger partial charge is 0.191 e. The Kier molecular flexibility index (Phi) is 8.43. The number of nitrogens with zero attached hydrogens (tertiary/aromatic N) is 1. The Morgan fingerprint density at radius 2 is 2.04 bits per heavy atom. The molecule has 1 saturated carbocycles. The van der Waals surface area contributed by atoms with Gasteiger partial charge in [0.15, 0.2) is 5.96 Å². The highest BCUT2D eigenvalue weighted by Crippen LogP contribution is 2.44. The molecule has 1 aromatic rings. The summed E-state index contributed by atoms with van der Waals surface area (Å²) in [7, 11) is 1.78. The van der Waals surface area contributed by atoms with Crippen molar-refractivity contribution >= 4 is 29.9 Å². The van der Waals surface area contributed by atoms with E-state index in [9.17, 15) is 0 Å². The monoisotopic (exact) mass is 501 g/mol. The second-order valence-corrected chi connectivity index (χ2v) is 8.59. The SMILES string of the molecule is CCNC(=NCC1(CCOC)CCC1)NC1CC(C)(C)Oc2ccccc21.I. The molecule has 1 atom stereocenters. The molecule has 158 valence electrons. The van der Waals surface area contributed by atoms with Gasteiger partial charge in [-0.05, 0) is 51.5 Å². The molecule has 0 saturated heterocycles. The van der Waals surface area contributed by atoms with Gasteiger partial charge in [0.2, 0.25) is 0 Å². The molecule has 1 aliphatic carbocycles. The van der Waals surface area contributed by atoms with E-state index in [1.807, 2.05) is 6.07 Å². The van der Waals surface area contributed by atoms with Gasteiger partial charge in [0.25, 0.3) is 0 Å². The maximum Gasteiger partial charge on any atom is 0.191 e. The molecule has 2 aliphatic rings. The number of benzene rings is 1. The zero-order valence-electron chi connectivity index (χ0n) is 17.7. The summed E-state index contributed by atoms with van der Waals surface area (Å²) in [6.45, 7) is 8.95. The number of halogens is 1. The number of fused-ring (bicyclic) bond motifs is 1. The van der Waals surface area contributed by atoms with Gasteiger partial charge in [-0.2, -0.15) is 0 Å². The average Bonchev–Trinajstić information content (AvgIpc) is 2.59. The van der Waals surface area contributed by atoms with Crippen LogP contribution in [0.4, 0.5) is 0 Å². The normalized spacial score (nSPS) is 22.1. The quantitative estimate of drug-likeness (QED) is 0.324. The van der Waals surface area contributed by atoms with Gasteiger partial charge in [0.1, 0.15) is 11.4 Å². The standard InChI is InChI=1S/C22H35N3O2.HI/c1-5-23-20(24-16-22(11-8-12-22)13-14-26-4)25-18-15-21(2,3)27-19-10-7-6-9-17(18)19;/h6-7,9-10,18H,5,8,11-16H2,1-4H3,(H2,23,24,25);1H. The summed E-state index contributed by atoms with van der Waals surface area (Å²) in [6, 6.07) is 8.51. The van der Waals surface area contributed by atoms with Crippen LogP contribution in [-0.4, -0.2) is 38.4 Å². The molecule has 3 rings (SSSR count). The van der Waals surface area contributed by atoms with Crippen molar-refractivity contribution < 1.29 is 9.47 Å². The van der Waals surface area contributed by atoms with Crippen LogP contribution in [0.3, 0.4) is 0 Å². The van der Waals surface area contributed by atoms with Crippen LogP contribution in [0.25, 0.3) is 0 Å². The van der Waals surface area contributed by atoms with Gasteiger partial charge >= 0.3 is 0 Å². The van der Waals surface area contributed by atoms with E-state index in [-0.39, 0.29) is 35.6 Å². The molecule has 1 fully saturated rings. The van der Waals surface area contributed by atoms with E-state index in [1.165, 1.54) is 24.8 Å². The lowest BCUT2D eigenvalue weighted by Gasteiger charge is -2.41. The highest BCUT2D eigenvalue weighted by Gasteiger charge is 2.37. The van der Waals surface area contributed by atoms with Crippen LogP contribution in [0.5, 0.6) is 5.75 Å². The minimum Gasteiger partial charge on any atom is -0.487 e. The topological polar surface area (TPSA) is 54.9 Å². The van der Waals surface area contributed by atoms with Crippen LogP contribution in [-0.2, 0) is 4.74 Å². The highest BCUT2D eigenvalue weighted by atomic mass is 127. The lowest BCUT2D eigenvalue weighted by atomic mass is 9.67. The van der Waals surface area contributed by atoms with Crippen molar-refractivity contribution in [3.8, 4) is 5.75 Å². The Morgan fingerprint density at radius 1 is 1.29 bits per heavy atom. The number of hydrogen-bond donors (Lipinski definition) is 2. The third-order valence-corrected chi connectivity index (χ3v) is 5.85. The summed E-state index contributed by atoms with van der Waals surface area (Å²) in [5, 5.41) is 7.10. The van der Waals surface area contributed by atoms with Gasteiger partial charge in [-0.15, -0.1) is 24.0 Å². The number of methoxy groups -OCH3 is 1. The molecular formula is C22H36IN3O2. The van der Waals surface area contributed by atoms with Crippen molar-refractivity contribution in [3.05, 3.63) is 29.8 Å². The minimum absolute atomic E-state index is 0. The first-order valence-corrected chi connectivity index (χ1v) is 10.3. The molecule has 1 unspecified atom stereocenters. The van der Waals surface area contributed by atoms with E-state index in [1.54, 1.807) is 7.11 Å². The van der Waals surface area contributed by atoms with Crippen LogP contribution in [0.15, 0.2) is 29.3 Å². The maximum absolute atomic E-state index is 6.16. The summed E-state index contributed by atoms with van der Waals surface area (Å²) in [4.78, 5) is 4.97. The van der Waals surface area contributed by atoms with Crippen LogP contribution < -0.4 is 15.4 Å². The van der Waals surface area contributed by atoms with Crippen LogP contribution >= 0.6 is 24.0 Å². The van der Waals surface area contributed by atoms with Crippen molar-refractivity contribution in [2.45, 2.75) is 64.5 Å². The summed E-state index contributed by atoms with van der Waals surface area (Å²) < 4.78 is 11.5. The summed E-state index contributed by atoms with van der Waals surface area (Å²) >= 11 is 0. The van der Waals surface area contributed by atoms with E-state index in [0.717, 1.165) is 44.2 Å². The Balaban J connectivity index is 0.00000280. The Labute approximate surface area is 187 Å². The fourth-order valence-corrected chi connectivity index (χ4v) is 4.15. The third-order valence-electron chi connectivity index (χ3n) is 5.85. The average molecular weight is 501 g/mol. The van der Waals surface area contributed by atoms with E-state index in [4.69, 9.17) is 14.5 Å². The first-order valence-electron chi connectivity index (χ1n) is 10.3. The lowest BCUT2D eigenvalue weighted by Crippen LogP contribution is -2.46. The number of aliphatic imine (C=N–C) groups is 1. The molecule has 0 spiro atoms. The number of ether oxygens (including phenoxy) is 2. The highest BCUT2D eigenvalue weighted by molar-refractivity contribution is 14.0. The molecule has 6 heteroatoms. The van der Waals surface area contributed by atoms with Gasteiger partial charge in [0, 0.05) is 38.8 Å². The van der Waals surface area contributed by atoms with Gasteiger partial charge in [0.05, 0.1) is 6.04 Å². The molecular weight excluding hydrogens is 465 g/mol. The summed E-state index contributed by atoms with van der Waals surface area (Å²) in [6.07, 6.45) is 5.83. The zero-order valence-corrected chi connectivity index (χ0v) is 20.0. The summed E-state index contributed by atoms with van der Waals surface area (Å²) in [5.41, 5.74) is 1.34. The molecule has 0 radical (unpaired) electrons. The fourth-order valence-electron chi connectivity index (χ4n) is 4.15. The molecule has 5 nitrogen and oxygen atoms in total. The predicted molar refractivity (Wildman–Crippen MR) is 126 cm³/mol. The van der Waals surface area contributed by atoms with E-state index in [0.29, 0.717) is 5.41 Å². The number of hydrogen-bond acceptors (Lipinski definition) is 3. The maximum atomic E-state index is 6.16. The van der Waals surface area contributed by atoms with E-state index < -0.39 is 0 Å². The molecule has 28 heavy (non-hydrogen) atoms. The zero-order chi connectivity index (χ0) is 19.3. The van der Waals surface area contributed by atoms with Gasteiger partial charge in [-0.25, -0.2) is 0 Å². The molecule has 2 N–H and O–H groups in total. The fraction of sp³-hybridized carbons (Fsp3) is 0.682. The van der Waals surface area contributed by atoms with Gasteiger partial charge < -0.3 is 20.1 Å². The van der Waals surface area contributed by atoms with Crippen LogP contribution in [0.1, 0.15) is 64.5 Å². The molecule has 1 aliphatic heterocycles. The number of para-hydroxylation sites is 1. The molecule has 1 heterocycles. The number of rotatable bonds is 7. The minimum atomic E-state index is -0.197. The van der Waals surface area contributed by atoms with E-state index >= 15 is 0 Å². The van der Waals surface area contributed by atoms with Gasteiger partial charge in [-0.3, -0.25) is 4.99 Å².